The molecule has 0 spiro atoms. The van der Waals surface area contributed by atoms with Crippen LogP contribution >= 0.6 is 11.5 Å². The van der Waals surface area contributed by atoms with Gasteiger partial charge >= 0.3 is 0 Å². The minimum Gasteiger partial charge on any atom is -0.508 e. The predicted molar refractivity (Wildman–Crippen MR) is 82.8 cm³/mol. The molecule has 21 heavy (non-hydrogen) atoms. The largest absolute Gasteiger partial charge is 0.508 e. The fourth-order valence-electron chi connectivity index (χ4n) is 1.83. The van der Waals surface area contributed by atoms with Gasteiger partial charge in [0.05, 0.1) is 10.9 Å². The first-order valence-corrected chi connectivity index (χ1v) is 6.98. The summed E-state index contributed by atoms with van der Waals surface area (Å²) < 4.78 is 5.12. The van der Waals surface area contributed by atoms with Crippen molar-refractivity contribution in [1.82, 2.24) is 9.80 Å². The first-order chi connectivity index (χ1) is 10.2. The van der Waals surface area contributed by atoms with E-state index < -0.39 is 0 Å². The van der Waals surface area contributed by atoms with Crippen LogP contribution in [-0.2, 0) is 0 Å². The first kappa shape index (κ1) is 13.3. The minimum atomic E-state index is -0.345. The van der Waals surface area contributed by atoms with Crippen LogP contribution in [-0.4, -0.2) is 21.6 Å². The Morgan fingerprint density at radius 3 is 2.76 bits per heavy atom. The molecule has 0 saturated heterocycles. The van der Waals surface area contributed by atoms with Gasteiger partial charge in [-0.2, -0.15) is 9.47 Å². The van der Waals surface area contributed by atoms with Gasteiger partial charge in [-0.05, 0) is 47.4 Å². The summed E-state index contributed by atoms with van der Waals surface area (Å²) in [4.78, 5) is 12.0. The van der Waals surface area contributed by atoms with Gasteiger partial charge in [0.1, 0.15) is 5.75 Å². The zero-order chi connectivity index (χ0) is 14.7. The van der Waals surface area contributed by atoms with Gasteiger partial charge in [0.25, 0.3) is 5.91 Å². The van der Waals surface area contributed by atoms with Crippen LogP contribution < -0.4 is 5.43 Å². The number of aromatic hydroxyl groups is 1. The predicted octanol–water partition coefficient (Wildman–Crippen LogP) is 2.77. The molecule has 0 atom stereocenters. The van der Waals surface area contributed by atoms with Crippen molar-refractivity contribution in [2.24, 2.45) is 5.10 Å². The lowest BCUT2D eigenvalue weighted by molar-refractivity contribution is 0.0953. The number of aromatic nitrogens is 1. The van der Waals surface area contributed by atoms with Gasteiger partial charge in [0.15, 0.2) is 5.69 Å². The van der Waals surface area contributed by atoms with Crippen molar-refractivity contribution in [2.45, 2.75) is 0 Å². The summed E-state index contributed by atoms with van der Waals surface area (Å²) in [5.41, 5.74) is 3.60. The number of nitrogens with one attached hydrogen (secondary N) is 1. The molecule has 2 aromatic carbocycles. The second-order valence-electron chi connectivity index (χ2n) is 4.32. The Labute approximate surface area is 124 Å². The normalized spacial score (nSPS) is 11.0. The number of carbonyl (C=O) groups is 1. The number of hydrogen-bond acceptors (Lipinski definition) is 5. The molecule has 3 rings (SSSR count). The maximum absolute atomic E-state index is 12.0. The van der Waals surface area contributed by atoms with Crippen LogP contribution in [0.25, 0.3) is 10.1 Å². The van der Waals surface area contributed by atoms with Gasteiger partial charge in [-0.1, -0.05) is 18.2 Å². The molecule has 6 heteroatoms. The van der Waals surface area contributed by atoms with Crippen LogP contribution in [0.2, 0.25) is 0 Å². The van der Waals surface area contributed by atoms with E-state index in [-0.39, 0.29) is 11.7 Å². The molecule has 0 aliphatic heterocycles. The third kappa shape index (κ3) is 2.90. The van der Waals surface area contributed by atoms with E-state index in [1.807, 2.05) is 24.3 Å². The van der Waals surface area contributed by atoms with Crippen LogP contribution in [0.1, 0.15) is 16.1 Å². The zero-order valence-corrected chi connectivity index (χ0v) is 11.7. The molecule has 0 radical (unpaired) electrons. The fraction of sp³-hybridized carbons (Fsp3) is 0. The lowest BCUT2D eigenvalue weighted by Gasteiger charge is -1.97. The molecule has 0 aliphatic rings. The van der Waals surface area contributed by atoms with E-state index >= 15 is 0 Å². The van der Waals surface area contributed by atoms with E-state index in [9.17, 15) is 9.90 Å². The van der Waals surface area contributed by atoms with Crippen LogP contribution in [0.15, 0.2) is 53.6 Å². The van der Waals surface area contributed by atoms with Crippen molar-refractivity contribution < 1.29 is 9.90 Å². The molecule has 1 amide bonds. The van der Waals surface area contributed by atoms with Crippen molar-refractivity contribution in [3.05, 3.63) is 59.8 Å². The Hall–Kier alpha value is -2.73. The van der Waals surface area contributed by atoms with E-state index in [0.29, 0.717) is 5.69 Å². The van der Waals surface area contributed by atoms with Gasteiger partial charge in [-0.15, -0.1) is 0 Å². The van der Waals surface area contributed by atoms with E-state index in [2.05, 4.69) is 14.9 Å². The molecule has 0 saturated carbocycles. The summed E-state index contributed by atoms with van der Waals surface area (Å²) >= 11 is 1.28. The van der Waals surface area contributed by atoms with Crippen LogP contribution in [0.5, 0.6) is 5.75 Å². The lowest BCUT2D eigenvalue weighted by atomic mass is 10.2. The molecule has 0 fully saturated rings. The fourth-order valence-corrected chi connectivity index (χ4v) is 2.60. The quantitative estimate of drug-likeness (QED) is 0.576. The molecule has 2 N–H and O–H groups in total. The average Bonchev–Trinajstić information content (AvgIpc) is 2.93. The summed E-state index contributed by atoms with van der Waals surface area (Å²) in [6.07, 6.45) is 1.51. The second-order valence-corrected chi connectivity index (χ2v) is 5.12. The summed E-state index contributed by atoms with van der Waals surface area (Å²) in [5, 5.41) is 13.9. The molecule has 104 valence electrons. The Kier molecular flexibility index (Phi) is 3.61. The maximum atomic E-state index is 12.0. The van der Waals surface area contributed by atoms with Gasteiger partial charge in [-0.3, -0.25) is 4.79 Å². The number of fused-ring (bicyclic) bond motifs is 1. The summed E-state index contributed by atoms with van der Waals surface area (Å²) in [5.74, 6) is -0.160. The van der Waals surface area contributed by atoms with Crippen LogP contribution in [0.3, 0.4) is 0 Å². The van der Waals surface area contributed by atoms with Crippen LogP contribution in [0, 0.1) is 0 Å². The molecule has 5 nitrogen and oxygen atoms in total. The number of benzene rings is 2. The molecular formula is C15H11N3O2S. The van der Waals surface area contributed by atoms with Crippen molar-refractivity contribution in [1.29, 1.82) is 0 Å². The number of carbonyl (C=O) groups excluding carboxylic acids is 1. The molecule has 0 aliphatic carbocycles. The molecule has 1 aromatic heterocycles. The summed E-state index contributed by atoms with van der Waals surface area (Å²) in [7, 11) is 0. The van der Waals surface area contributed by atoms with Crippen molar-refractivity contribution in [3.63, 3.8) is 0 Å². The number of rotatable bonds is 3. The van der Waals surface area contributed by atoms with E-state index in [0.717, 1.165) is 15.6 Å². The maximum Gasteiger partial charge on any atom is 0.291 e. The van der Waals surface area contributed by atoms with Gasteiger partial charge in [0.2, 0.25) is 0 Å². The Bertz CT molecular complexity index is 809. The number of phenols is 1. The highest BCUT2D eigenvalue weighted by atomic mass is 32.1. The second kappa shape index (κ2) is 5.72. The number of hydrogen-bond donors (Lipinski definition) is 2. The monoisotopic (exact) mass is 297 g/mol. The Balaban J connectivity index is 1.73. The number of phenolic OH excluding ortho intramolecular Hbond substituents is 1. The molecule has 1 heterocycles. The molecule has 0 unspecified atom stereocenters. The highest BCUT2D eigenvalue weighted by Crippen LogP contribution is 2.21. The van der Waals surface area contributed by atoms with Gasteiger partial charge in [-0.25, -0.2) is 5.43 Å². The third-order valence-corrected chi connectivity index (χ3v) is 3.69. The average molecular weight is 297 g/mol. The summed E-state index contributed by atoms with van der Waals surface area (Å²) in [6.45, 7) is 0. The topological polar surface area (TPSA) is 74.6 Å². The summed E-state index contributed by atoms with van der Waals surface area (Å²) in [6, 6.07) is 14.1. The van der Waals surface area contributed by atoms with Crippen molar-refractivity contribution >= 4 is 33.7 Å². The number of amides is 1. The highest BCUT2D eigenvalue weighted by molar-refractivity contribution is 7.13. The highest BCUT2D eigenvalue weighted by Gasteiger charge is 2.12. The first-order valence-electron chi connectivity index (χ1n) is 6.21. The molecule has 0 bridgehead atoms. The Morgan fingerprint density at radius 1 is 1.19 bits per heavy atom. The number of nitrogens with zero attached hydrogens (tertiary/aromatic N) is 2. The standard InChI is InChI=1S/C15H11N3O2S/c19-11-7-5-10(6-8-11)9-16-17-15(20)14-12-3-1-2-4-13(12)21-18-14/h1-9,19H,(H,17,20)/b16-9+. The van der Waals surface area contributed by atoms with E-state index in [1.54, 1.807) is 24.3 Å². The van der Waals surface area contributed by atoms with Crippen LogP contribution in [0.4, 0.5) is 0 Å². The third-order valence-electron chi connectivity index (χ3n) is 2.87. The van der Waals surface area contributed by atoms with E-state index in [1.165, 1.54) is 17.7 Å². The lowest BCUT2D eigenvalue weighted by Crippen LogP contribution is -2.18. The van der Waals surface area contributed by atoms with Crippen molar-refractivity contribution in [2.75, 3.05) is 0 Å². The number of hydrazone groups is 1. The van der Waals surface area contributed by atoms with Gasteiger partial charge in [0, 0.05) is 5.39 Å². The smallest absolute Gasteiger partial charge is 0.291 e. The molecule has 3 aromatic rings. The van der Waals surface area contributed by atoms with Crippen molar-refractivity contribution in [3.8, 4) is 5.75 Å². The Morgan fingerprint density at radius 2 is 1.95 bits per heavy atom. The van der Waals surface area contributed by atoms with Gasteiger partial charge < -0.3 is 5.11 Å². The SMILES string of the molecule is O=C(N/N=C/c1ccc(O)cc1)c1nsc2ccccc12. The zero-order valence-electron chi connectivity index (χ0n) is 10.9. The van der Waals surface area contributed by atoms with E-state index in [4.69, 9.17) is 0 Å². The minimum absolute atomic E-state index is 0.185. The molecular weight excluding hydrogens is 286 g/mol.